The molecular weight excluding hydrogens is 241 g/mol. The summed E-state index contributed by atoms with van der Waals surface area (Å²) >= 11 is 1.03. The maximum Gasteiger partial charge on any atom is 0.266 e. The summed E-state index contributed by atoms with van der Waals surface area (Å²) in [7, 11) is 0. The molecule has 1 aliphatic rings. The van der Waals surface area contributed by atoms with Crippen LogP contribution >= 0.6 is 11.3 Å². The number of aliphatic hydroxyl groups is 1. The third kappa shape index (κ3) is 1.26. The topological polar surface area (TPSA) is 49.3 Å². The zero-order valence-electron chi connectivity index (χ0n) is 8.61. The molecule has 3 rings (SSSR count). The lowest BCUT2D eigenvalue weighted by atomic mass is 9.93. The van der Waals surface area contributed by atoms with E-state index in [1.807, 2.05) is 0 Å². The van der Waals surface area contributed by atoms with Crippen molar-refractivity contribution >= 4 is 22.9 Å². The van der Waals surface area contributed by atoms with Gasteiger partial charge in [-0.05, 0) is 17.5 Å². The number of nitrogens with one attached hydrogen (secondary N) is 1. The van der Waals surface area contributed by atoms with Gasteiger partial charge in [0.2, 0.25) is 5.60 Å². The number of anilines is 1. The number of thiophene rings is 1. The summed E-state index contributed by atoms with van der Waals surface area (Å²) in [6.07, 6.45) is 0. The van der Waals surface area contributed by atoms with Gasteiger partial charge in [0, 0.05) is 11.3 Å². The summed E-state index contributed by atoms with van der Waals surface area (Å²) in [5, 5.41) is 14.6. The van der Waals surface area contributed by atoms with E-state index >= 15 is 0 Å². The third-order valence-electron chi connectivity index (χ3n) is 2.84. The zero-order chi connectivity index (χ0) is 12.0. The van der Waals surface area contributed by atoms with Gasteiger partial charge in [0.15, 0.2) is 0 Å². The normalized spacial score (nSPS) is 22.4. The van der Waals surface area contributed by atoms with Crippen molar-refractivity contribution in [3.8, 4) is 0 Å². The second-order valence-corrected chi connectivity index (χ2v) is 4.72. The summed E-state index contributed by atoms with van der Waals surface area (Å²) in [5.74, 6) is -1.18. The predicted octanol–water partition coefficient (Wildman–Crippen LogP) is 2.08. The van der Waals surface area contributed by atoms with Crippen molar-refractivity contribution in [1.82, 2.24) is 0 Å². The lowest BCUT2D eigenvalue weighted by Gasteiger charge is -2.19. The Kier molecular flexibility index (Phi) is 2.08. The van der Waals surface area contributed by atoms with Gasteiger partial charge in [0.25, 0.3) is 5.91 Å². The van der Waals surface area contributed by atoms with Crippen molar-refractivity contribution in [3.63, 3.8) is 0 Å². The van der Waals surface area contributed by atoms with Crippen LogP contribution in [0.25, 0.3) is 0 Å². The van der Waals surface area contributed by atoms with Crippen LogP contribution in [0.5, 0.6) is 0 Å². The molecule has 2 aromatic rings. The molecule has 1 amide bonds. The van der Waals surface area contributed by atoms with E-state index in [1.165, 1.54) is 11.4 Å². The summed E-state index contributed by atoms with van der Waals surface area (Å²) in [5.41, 5.74) is -0.992. The van der Waals surface area contributed by atoms with Gasteiger partial charge >= 0.3 is 0 Å². The maximum atomic E-state index is 13.6. The average molecular weight is 249 g/mol. The van der Waals surface area contributed by atoms with Gasteiger partial charge in [0.1, 0.15) is 5.82 Å². The first-order chi connectivity index (χ1) is 8.14. The van der Waals surface area contributed by atoms with Crippen LogP contribution in [0.1, 0.15) is 10.4 Å². The van der Waals surface area contributed by atoms with E-state index in [-0.39, 0.29) is 4.88 Å². The minimum Gasteiger partial charge on any atom is -0.371 e. The molecule has 0 radical (unpaired) electrons. The van der Waals surface area contributed by atoms with Crippen LogP contribution < -0.4 is 5.32 Å². The molecule has 0 fully saturated rings. The molecule has 86 valence electrons. The first-order valence-electron chi connectivity index (χ1n) is 5.01. The number of amides is 1. The van der Waals surface area contributed by atoms with E-state index in [0.29, 0.717) is 11.3 Å². The van der Waals surface area contributed by atoms with Gasteiger partial charge < -0.3 is 10.4 Å². The fourth-order valence-electron chi connectivity index (χ4n) is 2.02. The van der Waals surface area contributed by atoms with E-state index in [0.717, 1.165) is 11.3 Å². The third-order valence-corrected chi connectivity index (χ3v) is 3.84. The Bertz CT molecular complexity index is 610. The Morgan fingerprint density at radius 3 is 2.76 bits per heavy atom. The molecule has 0 spiro atoms. The zero-order valence-corrected chi connectivity index (χ0v) is 9.42. The number of hydrogen-bond donors (Lipinski definition) is 2. The van der Waals surface area contributed by atoms with Crippen LogP contribution in [0.4, 0.5) is 10.1 Å². The summed E-state index contributed by atoms with van der Waals surface area (Å²) in [6.45, 7) is 0. The number of carbonyl (C=O) groups is 1. The van der Waals surface area contributed by atoms with Gasteiger partial charge in [-0.1, -0.05) is 18.2 Å². The lowest BCUT2D eigenvalue weighted by Crippen LogP contribution is -2.35. The van der Waals surface area contributed by atoms with Crippen molar-refractivity contribution in [2.24, 2.45) is 0 Å². The van der Waals surface area contributed by atoms with Crippen LogP contribution in [-0.4, -0.2) is 11.0 Å². The molecule has 2 heterocycles. The van der Waals surface area contributed by atoms with E-state index < -0.39 is 17.3 Å². The Labute approximate surface area is 101 Å². The minimum absolute atomic E-state index is 0.0277. The van der Waals surface area contributed by atoms with Crippen LogP contribution in [0.3, 0.4) is 0 Å². The summed E-state index contributed by atoms with van der Waals surface area (Å²) < 4.78 is 13.6. The molecule has 5 heteroatoms. The highest BCUT2D eigenvalue weighted by atomic mass is 32.1. The largest absolute Gasteiger partial charge is 0.371 e. The molecule has 1 aliphatic heterocycles. The second-order valence-electron chi connectivity index (χ2n) is 3.81. The number of benzene rings is 1. The van der Waals surface area contributed by atoms with Crippen molar-refractivity contribution in [2.75, 3.05) is 5.32 Å². The molecule has 17 heavy (non-hydrogen) atoms. The molecule has 2 N–H and O–H groups in total. The number of carbonyl (C=O) groups excluding carboxylic acids is 1. The molecule has 0 aliphatic carbocycles. The highest BCUT2D eigenvalue weighted by Crippen LogP contribution is 2.43. The summed E-state index contributed by atoms with van der Waals surface area (Å²) in [4.78, 5) is 11.9. The van der Waals surface area contributed by atoms with Gasteiger partial charge in [-0.3, -0.25) is 4.79 Å². The summed E-state index contributed by atoms with van der Waals surface area (Å²) in [6, 6.07) is 7.99. The first kappa shape index (κ1) is 10.4. The number of fused-ring (bicyclic) bond motifs is 1. The standard InChI is InChI=1S/C12H8FNO2S/c13-8-5-6-17-10(8)12(16)7-3-1-2-4-9(7)14-11(12)15/h1-6,16H,(H,14,15). The molecule has 1 unspecified atom stereocenters. The number of rotatable bonds is 1. The smallest absolute Gasteiger partial charge is 0.266 e. The van der Waals surface area contributed by atoms with E-state index in [2.05, 4.69) is 5.32 Å². The molecule has 1 atom stereocenters. The molecule has 1 aromatic heterocycles. The number of halogens is 1. The van der Waals surface area contributed by atoms with Crippen molar-refractivity contribution < 1.29 is 14.3 Å². The minimum atomic E-state index is -1.91. The Morgan fingerprint density at radius 2 is 2.06 bits per heavy atom. The van der Waals surface area contributed by atoms with E-state index in [1.54, 1.807) is 24.3 Å². The molecule has 3 nitrogen and oxygen atoms in total. The fourth-order valence-corrected chi connectivity index (χ4v) is 2.90. The Hall–Kier alpha value is -1.72. The molecule has 1 aromatic carbocycles. The fraction of sp³-hybridized carbons (Fsp3) is 0.0833. The lowest BCUT2D eigenvalue weighted by molar-refractivity contribution is -0.129. The van der Waals surface area contributed by atoms with Gasteiger partial charge in [-0.25, -0.2) is 4.39 Å². The highest BCUT2D eigenvalue weighted by molar-refractivity contribution is 7.10. The Morgan fingerprint density at radius 1 is 1.29 bits per heavy atom. The number of hydrogen-bond acceptors (Lipinski definition) is 3. The van der Waals surface area contributed by atoms with Gasteiger partial charge in [-0.2, -0.15) is 0 Å². The first-order valence-corrected chi connectivity index (χ1v) is 5.89. The highest BCUT2D eigenvalue weighted by Gasteiger charge is 2.49. The molecular formula is C12H8FNO2S. The van der Waals surface area contributed by atoms with Crippen LogP contribution in [0.15, 0.2) is 35.7 Å². The van der Waals surface area contributed by atoms with Crippen LogP contribution in [0.2, 0.25) is 0 Å². The average Bonchev–Trinajstić information content (AvgIpc) is 2.84. The SMILES string of the molecule is O=C1Nc2ccccc2C1(O)c1sccc1F. The molecule has 0 saturated heterocycles. The van der Waals surface area contributed by atoms with Crippen molar-refractivity contribution in [3.05, 3.63) is 52.0 Å². The van der Waals surface area contributed by atoms with Crippen molar-refractivity contribution in [1.29, 1.82) is 0 Å². The van der Waals surface area contributed by atoms with E-state index in [4.69, 9.17) is 0 Å². The Balaban J connectivity index is 2.27. The van der Waals surface area contributed by atoms with Crippen LogP contribution in [-0.2, 0) is 10.4 Å². The predicted molar refractivity (Wildman–Crippen MR) is 62.3 cm³/mol. The number of para-hydroxylation sites is 1. The van der Waals surface area contributed by atoms with Gasteiger partial charge in [0.05, 0.1) is 4.88 Å². The van der Waals surface area contributed by atoms with E-state index in [9.17, 15) is 14.3 Å². The van der Waals surface area contributed by atoms with Crippen molar-refractivity contribution in [2.45, 2.75) is 5.60 Å². The second kappa shape index (κ2) is 3.38. The molecule has 0 saturated carbocycles. The van der Waals surface area contributed by atoms with Gasteiger partial charge in [-0.15, -0.1) is 11.3 Å². The van der Waals surface area contributed by atoms with Crippen LogP contribution in [0, 0.1) is 5.82 Å². The molecule has 0 bridgehead atoms. The monoisotopic (exact) mass is 249 g/mol. The quantitative estimate of drug-likeness (QED) is 0.813. The maximum absolute atomic E-state index is 13.6.